The molecule has 1 aromatic heterocycles. The fourth-order valence-electron chi connectivity index (χ4n) is 0.677. The smallest absolute Gasteiger partial charge is 0.233 e. The van der Waals surface area contributed by atoms with Gasteiger partial charge in [-0.25, -0.2) is 0 Å². The second-order valence-corrected chi connectivity index (χ2v) is 4.39. The number of aliphatic hydroxyl groups is 1. The second kappa shape index (κ2) is 3.89. The van der Waals surface area contributed by atoms with E-state index in [9.17, 15) is 0 Å². The lowest BCUT2D eigenvalue weighted by molar-refractivity contribution is 0.171. The Morgan fingerprint density at radius 3 is 2.77 bits per heavy atom. The third-order valence-electron chi connectivity index (χ3n) is 1.59. The molecule has 0 fully saturated rings. The normalized spacial score (nSPS) is 11.6. The summed E-state index contributed by atoms with van der Waals surface area (Å²) in [6.45, 7) is 4.71. The standard InChI is InChI=1S/C7H14N4OS/c1-7(2,4-12)3-9-6-10-5(8)11-13-6/h12H,3-4H2,1-2H3,(H3,8,9,10,11). The topological polar surface area (TPSA) is 84.1 Å². The molecule has 1 aromatic rings. The van der Waals surface area contributed by atoms with Gasteiger partial charge in [-0.05, 0) is 0 Å². The van der Waals surface area contributed by atoms with E-state index in [2.05, 4.69) is 14.7 Å². The zero-order valence-electron chi connectivity index (χ0n) is 7.74. The lowest BCUT2D eigenvalue weighted by atomic mass is 9.95. The summed E-state index contributed by atoms with van der Waals surface area (Å²) < 4.78 is 3.83. The van der Waals surface area contributed by atoms with E-state index < -0.39 is 0 Å². The monoisotopic (exact) mass is 202 g/mol. The van der Waals surface area contributed by atoms with Crippen molar-refractivity contribution in [2.24, 2.45) is 5.41 Å². The van der Waals surface area contributed by atoms with Crippen molar-refractivity contribution in [3.63, 3.8) is 0 Å². The Balaban J connectivity index is 2.43. The van der Waals surface area contributed by atoms with E-state index in [1.807, 2.05) is 13.8 Å². The molecule has 0 aliphatic rings. The molecule has 0 saturated carbocycles. The third kappa shape index (κ3) is 3.16. The number of hydrogen-bond donors (Lipinski definition) is 3. The summed E-state index contributed by atoms with van der Waals surface area (Å²) in [5.74, 6) is 0.286. The summed E-state index contributed by atoms with van der Waals surface area (Å²) in [5, 5.41) is 12.7. The van der Waals surface area contributed by atoms with Gasteiger partial charge < -0.3 is 16.2 Å². The molecular formula is C7H14N4OS. The number of aliphatic hydroxyl groups excluding tert-OH is 1. The van der Waals surface area contributed by atoms with Crippen LogP contribution in [0.2, 0.25) is 0 Å². The number of anilines is 2. The van der Waals surface area contributed by atoms with E-state index >= 15 is 0 Å². The first-order valence-electron chi connectivity index (χ1n) is 3.97. The van der Waals surface area contributed by atoms with Gasteiger partial charge in [0.25, 0.3) is 0 Å². The molecule has 0 amide bonds. The van der Waals surface area contributed by atoms with Crippen LogP contribution in [0.4, 0.5) is 11.1 Å². The van der Waals surface area contributed by atoms with Gasteiger partial charge in [-0.15, -0.1) is 0 Å². The molecule has 5 nitrogen and oxygen atoms in total. The zero-order chi connectivity index (χ0) is 9.90. The molecule has 0 saturated heterocycles. The van der Waals surface area contributed by atoms with Crippen molar-refractivity contribution in [1.82, 2.24) is 9.36 Å². The van der Waals surface area contributed by atoms with Crippen LogP contribution in [0.3, 0.4) is 0 Å². The van der Waals surface area contributed by atoms with Crippen molar-refractivity contribution >= 4 is 22.6 Å². The van der Waals surface area contributed by atoms with Crippen LogP contribution in [0.15, 0.2) is 0 Å². The molecule has 0 aliphatic heterocycles. The molecule has 1 heterocycles. The molecule has 0 aliphatic carbocycles. The SMILES string of the molecule is CC(C)(CO)CNc1nc(N)ns1. The van der Waals surface area contributed by atoms with E-state index in [4.69, 9.17) is 10.8 Å². The zero-order valence-corrected chi connectivity index (χ0v) is 8.56. The average molecular weight is 202 g/mol. The van der Waals surface area contributed by atoms with E-state index in [0.29, 0.717) is 11.7 Å². The van der Waals surface area contributed by atoms with Crippen LogP contribution in [0.5, 0.6) is 0 Å². The summed E-state index contributed by atoms with van der Waals surface area (Å²) >= 11 is 1.22. The van der Waals surface area contributed by atoms with Crippen molar-refractivity contribution in [3.05, 3.63) is 0 Å². The van der Waals surface area contributed by atoms with Crippen molar-refractivity contribution in [1.29, 1.82) is 0 Å². The molecular weight excluding hydrogens is 188 g/mol. The fraction of sp³-hybridized carbons (Fsp3) is 0.714. The van der Waals surface area contributed by atoms with Crippen LogP contribution < -0.4 is 11.1 Å². The molecule has 4 N–H and O–H groups in total. The highest BCUT2D eigenvalue weighted by Crippen LogP contribution is 2.17. The summed E-state index contributed by atoms with van der Waals surface area (Å²) in [6.07, 6.45) is 0. The van der Waals surface area contributed by atoms with Crippen molar-refractivity contribution in [2.75, 3.05) is 24.2 Å². The van der Waals surface area contributed by atoms with Gasteiger partial charge in [-0.3, -0.25) is 0 Å². The van der Waals surface area contributed by atoms with Crippen LogP contribution in [-0.4, -0.2) is 27.6 Å². The maximum absolute atomic E-state index is 8.98. The highest BCUT2D eigenvalue weighted by atomic mass is 32.1. The molecule has 0 bridgehead atoms. The van der Waals surface area contributed by atoms with E-state index in [-0.39, 0.29) is 18.0 Å². The first kappa shape index (κ1) is 10.2. The Bertz CT molecular complexity index is 273. The molecule has 0 unspecified atom stereocenters. The van der Waals surface area contributed by atoms with Gasteiger partial charge in [0, 0.05) is 30.1 Å². The molecule has 0 radical (unpaired) electrons. The minimum Gasteiger partial charge on any atom is -0.396 e. The minimum atomic E-state index is -0.152. The molecule has 1 rings (SSSR count). The highest BCUT2D eigenvalue weighted by molar-refractivity contribution is 7.09. The molecule has 0 spiro atoms. The number of nitrogens with zero attached hydrogens (tertiary/aromatic N) is 2. The number of nitrogen functional groups attached to an aromatic ring is 1. The predicted octanol–water partition coefficient (Wildman–Crippen LogP) is 0.551. The van der Waals surface area contributed by atoms with Gasteiger partial charge >= 0.3 is 0 Å². The fourth-order valence-corrected chi connectivity index (χ4v) is 1.17. The van der Waals surface area contributed by atoms with E-state index in [1.165, 1.54) is 11.5 Å². The van der Waals surface area contributed by atoms with Crippen molar-refractivity contribution in [2.45, 2.75) is 13.8 Å². The van der Waals surface area contributed by atoms with Crippen LogP contribution in [0.1, 0.15) is 13.8 Å². The molecule has 13 heavy (non-hydrogen) atoms. The van der Waals surface area contributed by atoms with Gasteiger partial charge in [0.15, 0.2) is 0 Å². The summed E-state index contributed by atoms with van der Waals surface area (Å²) in [5.41, 5.74) is 5.20. The first-order valence-corrected chi connectivity index (χ1v) is 4.75. The maximum atomic E-state index is 8.98. The van der Waals surface area contributed by atoms with Crippen molar-refractivity contribution in [3.8, 4) is 0 Å². The predicted molar refractivity (Wildman–Crippen MR) is 53.7 cm³/mol. The number of aromatic nitrogens is 2. The Morgan fingerprint density at radius 1 is 1.62 bits per heavy atom. The Kier molecular flexibility index (Phi) is 3.05. The van der Waals surface area contributed by atoms with Crippen LogP contribution in [0.25, 0.3) is 0 Å². The minimum absolute atomic E-state index is 0.133. The van der Waals surface area contributed by atoms with Crippen LogP contribution in [-0.2, 0) is 0 Å². The second-order valence-electron chi connectivity index (χ2n) is 3.63. The maximum Gasteiger partial charge on any atom is 0.233 e. The Hall–Kier alpha value is -0.880. The molecule has 6 heteroatoms. The van der Waals surface area contributed by atoms with Gasteiger partial charge in [0.05, 0.1) is 0 Å². The van der Waals surface area contributed by atoms with Crippen LogP contribution >= 0.6 is 11.5 Å². The largest absolute Gasteiger partial charge is 0.396 e. The molecule has 74 valence electrons. The van der Waals surface area contributed by atoms with Gasteiger partial charge in [-0.2, -0.15) is 9.36 Å². The number of hydrogen-bond acceptors (Lipinski definition) is 6. The quantitative estimate of drug-likeness (QED) is 0.664. The lowest BCUT2D eigenvalue weighted by Gasteiger charge is -2.21. The van der Waals surface area contributed by atoms with Gasteiger partial charge in [0.1, 0.15) is 0 Å². The van der Waals surface area contributed by atoms with Crippen molar-refractivity contribution < 1.29 is 5.11 Å². The Labute approximate surface area is 81.2 Å². The Morgan fingerprint density at radius 2 is 2.31 bits per heavy atom. The van der Waals surface area contributed by atoms with E-state index in [0.717, 1.165) is 0 Å². The summed E-state index contributed by atoms with van der Waals surface area (Å²) in [6, 6.07) is 0. The van der Waals surface area contributed by atoms with Crippen LogP contribution in [0, 0.1) is 5.41 Å². The lowest BCUT2D eigenvalue weighted by Crippen LogP contribution is -2.26. The molecule has 0 atom stereocenters. The van der Waals surface area contributed by atoms with Gasteiger partial charge in [-0.1, -0.05) is 13.8 Å². The number of rotatable bonds is 4. The number of nitrogens with two attached hydrogens (primary N) is 1. The first-order chi connectivity index (χ1) is 6.03. The van der Waals surface area contributed by atoms with E-state index in [1.54, 1.807) is 0 Å². The molecule has 0 aromatic carbocycles. The number of nitrogens with one attached hydrogen (secondary N) is 1. The third-order valence-corrected chi connectivity index (χ3v) is 2.27. The van der Waals surface area contributed by atoms with Gasteiger partial charge in [0.2, 0.25) is 11.1 Å². The summed E-state index contributed by atoms with van der Waals surface area (Å²) in [4.78, 5) is 3.94. The average Bonchev–Trinajstić information content (AvgIpc) is 2.48. The summed E-state index contributed by atoms with van der Waals surface area (Å²) in [7, 11) is 0. The highest BCUT2D eigenvalue weighted by Gasteiger charge is 2.16.